The third kappa shape index (κ3) is 4.77. The van der Waals surface area contributed by atoms with E-state index in [2.05, 4.69) is 9.64 Å². The molecule has 2 aliphatic heterocycles. The first kappa shape index (κ1) is 20.9. The van der Waals surface area contributed by atoms with Gasteiger partial charge in [0.15, 0.2) is 0 Å². The van der Waals surface area contributed by atoms with Crippen LogP contribution in [0.4, 0.5) is 8.78 Å². The van der Waals surface area contributed by atoms with Gasteiger partial charge in [0.2, 0.25) is 0 Å². The van der Waals surface area contributed by atoms with Crippen molar-refractivity contribution in [2.75, 3.05) is 59.4 Å². The zero-order valence-electron chi connectivity index (χ0n) is 15.6. The van der Waals surface area contributed by atoms with Crippen molar-refractivity contribution in [1.82, 2.24) is 18.4 Å². The molecule has 0 spiro atoms. The largest absolute Gasteiger partial charge is 0.435 e. The maximum Gasteiger partial charge on any atom is 0.387 e. The molecule has 0 unspecified atom stereocenters. The zero-order valence-corrected chi connectivity index (χ0v) is 16.4. The van der Waals surface area contributed by atoms with E-state index >= 15 is 0 Å². The van der Waals surface area contributed by atoms with Crippen molar-refractivity contribution in [1.29, 1.82) is 0 Å². The van der Waals surface area contributed by atoms with Crippen LogP contribution in [0.1, 0.15) is 10.4 Å². The van der Waals surface area contributed by atoms with E-state index < -0.39 is 16.8 Å². The van der Waals surface area contributed by atoms with Crippen LogP contribution in [0.25, 0.3) is 0 Å². The Morgan fingerprint density at radius 1 is 1.00 bits per heavy atom. The van der Waals surface area contributed by atoms with Gasteiger partial charge in [0.05, 0.1) is 0 Å². The van der Waals surface area contributed by atoms with Crippen LogP contribution < -0.4 is 4.74 Å². The summed E-state index contributed by atoms with van der Waals surface area (Å²) in [4.78, 5) is 16.2. The Kier molecular flexibility index (Phi) is 6.48. The number of rotatable bonds is 5. The molecule has 0 aliphatic carbocycles. The highest BCUT2D eigenvalue weighted by molar-refractivity contribution is 7.86. The Hall–Kier alpha value is -1.82. The van der Waals surface area contributed by atoms with E-state index in [1.165, 1.54) is 37.8 Å². The van der Waals surface area contributed by atoms with Crippen molar-refractivity contribution in [3.8, 4) is 5.75 Å². The molecule has 11 heteroatoms. The summed E-state index contributed by atoms with van der Waals surface area (Å²) in [5.74, 6) is -0.423. The summed E-state index contributed by atoms with van der Waals surface area (Å²) in [6.07, 6.45) is 0. The van der Waals surface area contributed by atoms with Crippen molar-refractivity contribution < 1.29 is 26.7 Å². The van der Waals surface area contributed by atoms with Crippen molar-refractivity contribution in [2.45, 2.75) is 6.61 Å². The lowest BCUT2D eigenvalue weighted by Gasteiger charge is -2.39. The van der Waals surface area contributed by atoms with Crippen LogP contribution in [0.3, 0.4) is 0 Å². The van der Waals surface area contributed by atoms with E-state index in [4.69, 9.17) is 0 Å². The summed E-state index contributed by atoms with van der Waals surface area (Å²) < 4.78 is 57.5. The fraction of sp³-hybridized carbons (Fsp3) is 0.588. The maximum atomic E-state index is 12.8. The van der Waals surface area contributed by atoms with Crippen LogP contribution >= 0.6 is 0 Å². The van der Waals surface area contributed by atoms with Gasteiger partial charge in [-0.1, -0.05) is 6.07 Å². The van der Waals surface area contributed by atoms with E-state index in [1.54, 1.807) is 0 Å². The lowest BCUT2D eigenvalue weighted by atomic mass is 10.1. The molecular formula is C17H24F2N4O4S. The van der Waals surface area contributed by atoms with E-state index in [0.717, 1.165) is 0 Å². The first-order valence-corrected chi connectivity index (χ1v) is 10.4. The lowest BCUT2D eigenvalue weighted by Crippen LogP contribution is -2.57. The molecule has 0 radical (unpaired) electrons. The van der Waals surface area contributed by atoms with Gasteiger partial charge in [0, 0.05) is 57.9 Å². The first-order chi connectivity index (χ1) is 13.3. The highest BCUT2D eigenvalue weighted by Gasteiger charge is 2.34. The number of hydrogen-bond donors (Lipinski definition) is 0. The van der Waals surface area contributed by atoms with Gasteiger partial charge in [-0.25, -0.2) is 0 Å². The Morgan fingerprint density at radius 3 is 2.14 bits per heavy atom. The van der Waals surface area contributed by atoms with Crippen LogP contribution in [-0.4, -0.2) is 98.8 Å². The molecule has 3 rings (SSSR count). The molecule has 156 valence electrons. The van der Waals surface area contributed by atoms with Crippen molar-refractivity contribution >= 4 is 16.1 Å². The van der Waals surface area contributed by atoms with Gasteiger partial charge in [-0.3, -0.25) is 4.79 Å². The number of ether oxygens (including phenoxy) is 1. The molecule has 0 bridgehead atoms. The third-order valence-electron chi connectivity index (χ3n) is 4.95. The van der Waals surface area contributed by atoms with Gasteiger partial charge in [-0.05, 0) is 25.2 Å². The molecule has 28 heavy (non-hydrogen) atoms. The number of carbonyl (C=O) groups is 1. The Morgan fingerprint density at radius 2 is 1.57 bits per heavy atom. The number of amides is 1. The summed E-state index contributed by atoms with van der Waals surface area (Å²) in [5.41, 5.74) is 0.230. The van der Waals surface area contributed by atoms with Crippen LogP contribution in [0.5, 0.6) is 5.75 Å². The Labute approximate surface area is 163 Å². The summed E-state index contributed by atoms with van der Waals surface area (Å²) in [7, 11) is -1.59. The monoisotopic (exact) mass is 418 g/mol. The summed E-state index contributed by atoms with van der Waals surface area (Å²) >= 11 is 0. The number of hydrogen-bond acceptors (Lipinski definition) is 5. The van der Waals surface area contributed by atoms with E-state index in [0.29, 0.717) is 26.2 Å². The Balaban J connectivity index is 1.60. The SMILES string of the molecule is CN1CCN(S(=O)(=O)N2CCN(C(=O)c3cccc(OC(F)F)c3)CC2)CC1. The predicted molar refractivity (Wildman–Crippen MR) is 98.5 cm³/mol. The zero-order chi connectivity index (χ0) is 20.3. The van der Waals surface area contributed by atoms with Gasteiger partial charge in [-0.2, -0.15) is 25.8 Å². The van der Waals surface area contributed by atoms with Crippen LogP contribution in [0.15, 0.2) is 24.3 Å². The highest BCUT2D eigenvalue weighted by atomic mass is 32.2. The molecule has 0 N–H and O–H groups in total. The number of piperazine rings is 2. The van der Waals surface area contributed by atoms with Crippen LogP contribution in [0, 0.1) is 0 Å². The second-order valence-corrected chi connectivity index (χ2v) is 8.74. The summed E-state index contributed by atoms with van der Waals surface area (Å²) in [5, 5.41) is 0. The molecule has 1 aromatic rings. The third-order valence-corrected chi connectivity index (χ3v) is 6.98. The minimum Gasteiger partial charge on any atom is -0.435 e. The fourth-order valence-electron chi connectivity index (χ4n) is 3.29. The molecule has 1 amide bonds. The molecule has 0 saturated carbocycles. The van der Waals surface area contributed by atoms with Gasteiger partial charge in [0.25, 0.3) is 16.1 Å². The van der Waals surface area contributed by atoms with Gasteiger partial charge >= 0.3 is 6.61 Å². The van der Waals surface area contributed by atoms with Gasteiger partial charge in [-0.15, -0.1) is 0 Å². The smallest absolute Gasteiger partial charge is 0.387 e. The summed E-state index contributed by atoms with van der Waals surface area (Å²) in [6, 6.07) is 5.61. The molecule has 0 atom stereocenters. The number of alkyl halides is 2. The number of carbonyl (C=O) groups excluding carboxylic acids is 1. The molecule has 2 heterocycles. The van der Waals surface area contributed by atoms with Gasteiger partial charge in [0.1, 0.15) is 5.75 Å². The fourth-order valence-corrected chi connectivity index (χ4v) is 4.87. The number of likely N-dealkylation sites (N-methyl/N-ethyl adjacent to an activating group) is 1. The molecule has 2 fully saturated rings. The molecule has 0 aromatic heterocycles. The van der Waals surface area contributed by atoms with E-state index in [9.17, 15) is 22.0 Å². The van der Waals surface area contributed by atoms with Crippen molar-refractivity contribution in [3.63, 3.8) is 0 Å². The number of nitrogens with zero attached hydrogens (tertiary/aromatic N) is 4. The van der Waals surface area contributed by atoms with Gasteiger partial charge < -0.3 is 14.5 Å². The second kappa shape index (κ2) is 8.68. The van der Waals surface area contributed by atoms with E-state index in [1.807, 2.05) is 7.05 Å². The number of benzene rings is 1. The average Bonchev–Trinajstić information content (AvgIpc) is 2.67. The lowest BCUT2D eigenvalue weighted by molar-refractivity contribution is -0.0499. The minimum atomic E-state index is -3.54. The normalized spacial score (nSPS) is 20.5. The molecular weight excluding hydrogens is 394 g/mol. The number of halogens is 2. The minimum absolute atomic E-state index is 0.0860. The van der Waals surface area contributed by atoms with Crippen LogP contribution in [-0.2, 0) is 10.2 Å². The maximum absolute atomic E-state index is 12.8. The molecule has 1 aromatic carbocycles. The second-order valence-electron chi connectivity index (χ2n) is 6.81. The quantitative estimate of drug-likeness (QED) is 0.698. The first-order valence-electron chi connectivity index (χ1n) is 9.05. The summed E-state index contributed by atoms with van der Waals surface area (Å²) in [6.45, 7) is 0.208. The molecule has 2 saturated heterocycles. The molecule has 2 aliphatic rings. The van der Waals surface area contributed by atoms with Crippen LogP contribution in [0.2, 0.25) is 0 Å². The van der Waals surface area contributed by atoms with Crippen molar-refractivity contribution in [3.05, 3.63) is 29.8 Å². The highest BCUT2D eigenvalue weighted by Crippen LogP contribution is 2.19. The van der Waals surface area contributed by atoms with Crippen molar-refractivity contribution in [2.24, 2.45) is 0 Å². The topological polar surface area (TPSA) is 73.4 Å². The Bertz CT molecular complexity index is 792. The molecule has 8 nitrogen and oxygen atoms in total. The predicted octanol–water partition coefficient (Wildman–Crippen LogP) is 0.538. The average molecular weight is 418 g/mol. The standard InChI is InChI=1S/C17H24F2N4O4S/c1-20-5-9-22(10-6-20)28(25,26)23-11-7-21(8-12-23)16(24)14-3-2-4-15(13-14)27-17(18)19/h2-4,13,17H,5-12H2,1H3. The van der Waals surface area contributed by atoms with E-state index in [-0.39, 0.29) is 43.4 Å².